The highest BCUT2D eigenvalue weighted by Crippen LogP contribution is 2.13. The highest BCUT2D eigenvalue weighted by Gasteiger charge is 2.29. The molecule has 0 aliphatic carbocycles. The highest BCUT2D eigenvalue weighted by atomic mass is 16.6. The van der Waals surface area contributed by atoms with Gasteiger partial charge in [-0.3, -0.25) is 9.59 Å². The zero-order chi connectivity index (χ0) is 12.3. The molecule has 0 spiro atoms. The molecule has 15 heavy (non-hydrogen) atoms. The summed E-state index contributed by atoms with van der Waals surface area (Å²) in [4.78, 5) is 21.9. The van der Waals surface area contributed by atoms with Gasteiger partial charge in [-0.1, -0.05) is 0 Å². The third kappa shape index (κ3) is 6.06. The van der Waals surface area contributed by atoms with E-state index in [9.17, 15) is 9.59 Å². The lowest BCUT2D eigenvalue weighted by Gasteiger charge is -2.22. The van der Waals surface area contributed by atoms with Gasteiger partial charge in [-0.05, 0) is 34.1 Å². The van der Waals surface area contributed by atoms with Crippen LogP contribution in [0.2, 0.25) is 0 Å². The van der Waals surface area contributed by atoms with Crippen LogP contribution in [0.5, 0.6) is 0 Å². The zero-order valence-electron chi connectivity index (χ0n) is 9.66. The van der Waals surface area contributed by atoms with E-state index in [-0.39, 0.29) is 12.8 Å². The molecular weight excluding hydrogens is 198 g/mol. The van der Waals surface area contributed by atoms with Crippen molar-refractivity contribution in [3.63, 3.8) is 0 Å². The van der Waals surface area contributed by atoms with Crippen LogP contribution < -0.4 is 5.73 Å². The van der Waals surface area contributed by atoms with Gasteiger partial charge >= 0.3 is 11.9 Å². The first-order chi connectivity index (χ1) is 6.54. The minimum Gasteiger partial charge on any atom is -0.480 e. The molecule has 0 aromatic heterocycles. The number of aliphatic carboxylic acids is 1. The lowest BCUT2D eigenvalue weighted by molar-refractivity contribution is -0.155. The summed E-state index contributed by atoms with van der Waals surface area (Å²) in [6, 6.07) is 0. The number of carbonyl (C=O) groups excluding carboxylic acids is 1. The molecule has 0 aliphatic heterocycles. The lowest BCUT2D eigenvalue weighted by Crippen LogP contribution is -2.45. The van der Waals surface area contributed by atoms with E-state index in [1.807, 2.05) is 0 Å². The van der Waals surface area contributed by atoms with Gasteiger partial charge in [0.2, 0.25) is 0 Å². The fraction of sp³-hybridized carbons (Fsp3) is 0.800. The van der Waals surface area contributed by atoms with Gasteiger partial charge in [0.15, 0.2) is 0 Å². The molecule has 0 unspecified atom stereocenters. The summed E-state index contributed by atoms with van der Waals surface area (Å²) >= 11 is 0. The van der Waals surface area contributed by atoms with Crippen molar-refractivity contribution in [2.45, 2.75) is 51.7 Å². The van der Waals surface area contributed by atoms with Crippen LogP contribution in [0, 0.1) is 0 Å². The number of ether oxygens (including phenoxy) is 1. The Bertz CT molecular complexity index is 253. The smallest absolute Gasteiger partial charge is 0.323 e. The molecule has 0 fully saturated rings. The second-order valence-electron chi connectivity index (χ2n) is 4.81. The van der Waals surface area contributed by atoms with Crippen LogP contribution in [0.25, 0.3) is 0 Å². The Morgan fingerprint density at radius 2 is 1.73 bits per heavy atom. The number of esters is 1. The Balaban J connectivity index is 4.07. The molecule has 0 aromatic carbocycles. The van der Waals surface area contributed by atoms with Crippen molar-refractivity contribution >= 4 is 11.9 Å². The van der Waals surface area contributed by atoms with Gasteiger partial charge in [0.1, 0.15) is 11.1 Å². The van der Waals surface area contributed by atoms with Crippen LogP contribution in [-0.2, 0) is 14.3 Å². The average molecular weight is 217 g/mol. The maximum absolute atomic E-state index is 11.3. The van der Waals surface area contributed by atoms with E-state index in [0.29, 0.717) is 0 Å². The third-order valence-corrected chi connectivity index (χ3v) is 1.76. The fourth-order valence-corrected chi connectivity index (χ4v) is 0.861. The Morgan fingerprint density at radius 3 is 2.07 bits per heavy atom. The molecule has 0 bridgehead atoms. The van der Waals surface area contributed by atoms with E-state index in [0.717, 1.165) is 0 Å². The Morgan fingerprint density at radius 1 is 1.27 bits per heavy atom. The molecule has 0 aliphatic rings. The molecule has 88 valence electrons. The number of carbonyl (C=O) groups is 2. The molecule has 0 amide bonds. The lowest BCUT2D eigenvalue weighted by atomic mass is 9.97. The first-order valence-electron chi connectivity index (χ1n) is 4.79. The van der Waals surface area contributed by atoms with Gasteiger partial charge in [0.05, 0.1) is 0 Å². The van der Waals surface area contributed by atoms with Crippen molar-refractivity contribution in [3.8, 4) is 0 Å². The molecule has 1 atom stereocenters. The quantitative estimate of drug-likeness (QED) is 0.683. The summed E-state index contributed by atoms with van der Waals surface area (Å²) in [7, 11) is 0. The predicted molar refractivity (Wildman–Crippen MR) is 55.3 cm³/mol. The van der Waals surface area contributed by atoms with E-state index < -0.39 is 23.1 Å². The van der Waals surface area contributed by atoms with E-state index in [2.05, 4.69) is 0 Å². The first-order valence-corrected chi connectivity index (χ1v) is 4.79. The molecule has 0 radical (unpaired) electrons. The summed E-state index contributed by atoms with van der Waals surface area (Å²) in [5, 5.41) is 8.71. The molecule has 3 N–H and O–H groups in total. The van der Waals surface area contributed by atoms with Crippen LogP contribution in [0.15, 0.2) is 0 Å². The fourth-order valence-electron chi connectivity index (χ4n) is 0.861. The summed E-state index contributed by atoms with van der Waals surface area (Å²) in [5.41, 5.74) is 3.54. The van der Waals surface area contributed by atoms with Crippen LogP contribution in [0.1, 0.15) is 40.5 Å². The Hall–Kier alpha value is -1.10. The molecular formula is C10H19NO4. The third-order valence-electron chi connectivity index (χ3n) is 1.76. The van der Waals surface area contributed by atoms with E-state index in [4.69, 9.17) is 15.6 Å². The highest BCUT2D eigenvalue weighted by molar-refractivity contribution is 5.79. The van der Waals surface area contributed by atoms with Crippen molar-refractivity contribution < 1.29 is 19.4 Å². The Kier molecular flexibility index (Phi) is 4.27. The Labute approximate surface area is 89.6 Å². The van der Waals surface area contributed by atoms with Gasteiger partial charge in [-0.2, -0.15) is 0 Å². The molecule has 0 heterocycles. The topological polar surface area (TPSA) is 89.6 Å². The van der Waals surface area contributed by atoms with Crippen LogP contribution in [0.3, 0.4) is 0 Å². The summed E-state index contributed by atoms with van der Waals surface area (Å²) < 4.78 is 5.03. The number of hydrogen-bond donors (Lipinski definition) is 2. The maximum atomic E-state index is 11.3. The first kappa shape index (κ1) is 13.9. The molecule has 0 aromatic rings. The second kappa shape index (κ2) is 4.61. The largest absolute Gasteiger partial charge is 0.480 e. The van der Waals surface area contributed by atoms with Gasteiger partial charge in [0.25, 0.3) is 0 Å². The predicted octanol–water partition coefficient (Wildman–Crippen LogP) is 0.910. The van der Waals surface area contributed by atoms with Gasteiger partial charge < -0.3 is 15.6 Å². The van der Waals surface area contributed by atoms with Crippen molar-refractivity contribution in [3.05, 3.63) is 0 Å². The summed E-state index contributed by atoms with van der Waals surface area (Å²) in [6.07, 6.45) is 0.0772. The van der Waals surface area contributed by atoms with E-state index >= 15 is 0 Å². The number of nitrogens with two attached hydrogens (primary N) is 1. The maximum Gasteiger partial charge on any atom is 0.323 e. The van der Waals surface area contributed by atoms with Gasteiger partial charge in [-0.25, -0.2) is 0 Å². The molecule has 0 saturated heterocycles. The van der Waals surface area contributed by atoms with Gasteiger partial charge in [0, 0.05) is 6.42 Å². The zero-order valence-corrected chi connectivity index (χ0v) is 9.66. The minimum atomic E-state index is -1.38. The summed E-state index contributed by atoms with van der Waals surface area (Å²) in [5.74, 6) is -1.55. The second-order valence-corrected chi connectivity index (χ2v) is 4.81. The molecule has 5 nitrogen and oxygen atoms in total. The van der Waals surface area contributed by atoms with Crippen molar-refractivity contribution in [1.82, 2.24) is 0 Å². The van der Waals surface area contributed by atoms with Crippen LogP contribution >= 0.6 is 0 Å². The SMILES string of the molecule is CC(C)(C)OC(=O)CC[C@](C)(N)C(=O)O. The van der Waals surface area contributed by atoms with Crippen LogP contribution in [0.4, 0.5) is 0 Å². The van der Waals surface area contributed by atoms with Crippen molar-refractivity contribution in [2.75, 3.05) is 0 Å². The average Bonchev–Trinajstić information content (AvgIpc) is 1.97. The minimum absolute atomic E-state index is 0.0105. The van der Waals surface area contributed by atoms with Gasteiger partial charge in [-0.15, -0.1) is 0 Å². The van der Waals surface area contributed by atoms with Crippen molar-refractivity contribution in [2.24, 2.45) is 5.73 Å². The number of carboxylic acids is 1. The summed E-state index contributed by atoms with van der Waals surface area (Å²) in [6.45, 7) is 6.64. The number of rotatable bonds is 4. The molecule has 5 heteroatoms. The van der Waals surface area contributed by atoms with Crippen molar-refractivity contribution in [1.29, 1.82) is 0 Å². The number of hydrogen-bond acceptors (Lipinski definition) is 4. The van der Waals surface area contributed by atoms with E-state index in [1.165, 1.54) is 6.92 Å². The van der Waals surface area contributed by atoms with Crippen LogP contribution in [-0.4, -0.2) is 28.2 Å². The monoisotopic (exact) mass is 217 g/mol. The molecule has 0 saturated carbocycles. The standard InChI is InChI=1S/C10H19NO4/c1-9(2,3)15-7(12)5-6-10(4,11)8(13)14/h5-6,11H2,1-4H3,(H,13,14)/t10-/m0/s1. The van der Waals surface area contributed by atoms with E-state index in [1.54, 1.807) is 20.8 Å². The molecule has 0 rings (SSSR count). The number of carboxylic acid groups (broad SMARTS) is 1. The normalized spacial score (nSPS) is 15.5.